The van der Waals surface area contributed by atoms with E-state index in [1.165, 1.54) is 12.1 Å². The van der Waals surface area contributed by atoms with Gasteiger partial charge >= 0.3 is 5.97 Å². The normalized spacial score (nSPS) is 10.0. The van der Waals surface area contributed by atoms with Gasteiger partial charge in [0.25, 0.3) is 0 Å². The van der Waals surface area contributed by atoms with Crippen LogP contribution in [0.5, 0.6) is 0 Å². The number of nitrogen functional groups attached to an aromatic ring is 1. The van der Waals surface area contributed by atoms with E-state index in [0.29, 0.717) is 6.42 Å². The molecule has 0 spiro atoms. The predicted molar refractivity (Wildman–Crippen MR) is 52.8 cm³/mol. The van der Waals surface area contributed by atoms with Crippen molar-refractivity contribution in [2.75, 3.05) is 18.9 Å². The molecular formula is C10H12FNO3. The third-order valence-electron chi connectivity index (χ3n) is 1.77. The van der Waals surface area contributed by atoms with Crippen molar-refractivity contribution >= 4 is 11.7 Å². The van der Waals surface area contributed by atoms with Crippen LogP contribution in [0.2, 0.25) is 0 Å². The van der Waals surface area contributed by atoms with E-state index < -0.39 is 11.8 Å². The molecule has 0 aromatic heterocycles. The topological polar surface area (TPSA) is 72.6 Å². The van der Waals surface area contributed by atoms with Gasteiger partial charge in [0.15, 0.2) is 0 Å². The molecule has 0 amide bonds. The largest absolute Gasteiger partial charge is 0.462 e. The van der Waals surface area contributed by atoms with E-state index in [-0.39, 0.29) is 24.5 Å². The molecule has 1 aromatic carbocycles. The van der Waals surface area contributed by atoms with Crippen LogP contribution < -0.4 is 5.73 Å². The second-order valence-electron chi connectivity index (χ2n) is 2.95. The van der Waals surface area contributed by atoms with E-state index in [1.807, 2.05) is 0 Å². The number of esters is 1. The fourth-order valence-electron chi connectivity index (χ4n) is 0.983. The van der Waals surface area contributed by atoms with Crippen molar-refractivity contribution in [2.45, 2.75) is 6.42 Å². The lowest BCUT2D eigenvalue weighted by molar-refractivity contribution is 0.0482. The summed E-state index contributed by atoms with van der Waals surface area (Å²) in [6.45, 7) is 0.0887. The Hall–Kier alpha value is -1.62. The average molecular weight is 213 g/mol. The summed E-state index contributed by atoms with van der Waals surface area (Å²) >= 11 is 0. The Kier molecular flexibility index (Phi) is 4.05. The van der Waals surface area contributed by atoms with Gasteiger partial charge in [-0.2, -0.15) is 0 Å². The number of ether oxygens (including phenoxy) is 1. The Morgan fingerprint density at radius 1 is 1.53 bits per heavy atom. The lowest BCUT2D eigenvalue weighted by atomic mass is 10.2. The van der Waals surface area contributed by atoms with Gasteiger partial charge in [0.1, 0.15) is 5.82 Å². The lowest BCUT2D eigenvalue weighted by Gasteiger charge is -2.04. The van der Waals surface area contributed by atoms with Gasteiger partial charge < -0.3 is 15.6 Å². The number of anilines is 1. The summed E-state index contributed by atoms with van der Waals surface area (Å²) < 4.78 is 17.5. The van der Waals surface area contributed by atoms with Gasteiger partial charge in [0.2, 0.25) is 0 Å². The summed E-state index contributed by atoms with van der Waals surface area (Å²) in [6.07, 6.45) is 0.377. The molecule has 0 bridgehead atoms. The summed E-state index contributed by atoms with van der Waals surface area (Å²) in [4.78, 5) is 11.3. The molecule has 4 nitrogen and oxygen atoms in total. The molecule has 15 heavy (non-hydrogen) atoms. The molecule has 0 aliphatic rings. The highest BCUT2D eigenvalue weighted by atomic mass is 19.1. The maximum Gasteiger partial charge on any atom is 0.338 e. The zero-order valence-corrected chi connectivity index (χ0v) is 8.07. The maximum absolute atomic E-state index is 12.8. The highest BCUT2D eigenvalue weighted by molar-refractivity contribution is 5.90. The maximum atomic E-state index is 12.8. The quantitative estimate of drug-likeness (QED) is 0.443. The van der Waals surface area contributed by atoms with Gasteiger partial charge in [-0.3, -0.25) is 0 Å². The first-order chi connectivity index (χ1) is 7.15. The van der Waals surface area contributed by atoms with Crippen molar-refractivity contribution < 1.29 is 19.0 Å². The van der Waals surface area contributed by atoms with Gasteiger partial charge in [0, 0.05) is 13.0 Å². The second-order valence-corrected chi connectivity index (χ2v) is 2.95. The second kappa shape index (κ2) is 5.31. The van der Waals surface area contributed by atoms with E-state index >= 15 is 0 Å². The minimum atomic E-state index is -0.574. The first kappa shape index (κ1) is 11.5. The number of halogens is 1. The van der Waals surface area contributed by atoms with Crippen LogP contribution in [0.3, 0.4) is 0 Å². The van der Waals surface area contributed by atoms with Crippen molar-refractivity contribution in [1.29, 1.82) is 0 Å². The minimum Gasteiger partial charge on any atom is -0.462 e. The van der Waals surface area contributed by atoms with Crippen LogP contribution in [0, 0.1) is 5.82 Å². The summed E-state index contributed by atoms with van der Waals surface area (Å²) in [5.41, 5.74) is 5.40. The highest BCUT2D eigenvalue weighted by Crippen LogP contribution is 2.13. The van der Waals surface area contributed by atoms with E-state index in [9.17, 15) is 9.18 Å². The van der Waals surface area contributed by atoms with Crippen LogP contribution in [0.4, 0.5) is 10.1 Å². The van der Waals surface area contributed by atoms with Gasteiger partial charge in [-0.25, -0.2) is 9.18 Å². The zero-order chi connectivity index (χ0) is 11.3. The molecule has 0 atom stereocenters. The molecule has 1 rings (SSSR count). The molecular weight excluding hydrogens is 201 g/mol. The standard InChI is InChI=1S/C10H12FNO3/c11-8-3-2-7(6-9(8)12)10(14)15-5-1-4-13/h2-3,6,13H,1,4-5,12H2. The van der Waals surface area contributed by atoms with Crippen LogP contribution in [0.25, 0.3) is 0 Å². The number of hydrogen-bond acceptors (Lipinski definition) is 4. The fourth-order valence-corrected chi connectivity index (χ4v) is 0.983. The van der Waals surface area contributed by atoms with E-state index in [2.05, 4.69) is 0 Å². The number of aliphatic hydroxyl groups excluding tert-OH is 1. The molecule has 0 fully saturated rings. The Labute approximate surface area is 86.5 Å². The number of aliphatic hydroxyl groups is 1. The van der Waals surface area contributed by atoms with Crippen LogP contribution in [-0.2, 0) is 4.74 Å². The number of rotatable bonds is 4. The van der Waals surface area contributed by atoms with Gasteiger partial charge in [-0.05, 0) is 18.2 Å². The van der Waals surface area contributed by atoms with Crippen molar-refractivity contribution in [2.24, 2.45) is 0 Å². The molecule has 0 aliphatic carbocycles. The number of carbonyl (C=O) groups is 1. The van der Waals surface area contributed by atoms with Crippen LogP contribution in [-0.4, -0.2) is 24.3 Å². The van der Waals surface area contributed by atoms with Gasteiger partial charge in [0.05, 0.1) is 17.9 Å². The summed E-state index contributed by atoms with van der Waals surface area (Å²) in [5.74, 6) is -1.14. The predicted octanol–water partition coefficient (Wildman–Crippen LogP) is 0.947. The summed E-state index contributed by atoms with van der Waals surface area (Å²) in [6, 6.07) is 3.63. The van der Waals surface area contributed by atoms with Crippen LogP contribution in [0.1, 0.15) is 16.8 Å². The van der Waals surface area contributed by atoms with Crippen LogP contribution >= 0.6 is 0 Å². The molecule has 0 unspecified atom stereocenters. The van der Waals surface area contributed by atoms with E-state index in [0.717, 1.165) is 6.07 Å². The van der Waals surface area contributed by atoms with Crippen molar-refractivity contribution in [3.63, 3.8) is 0 Å². The SMILES string of the molecule is Nc1cc(C(=O)OCCCO)ccc1F. The summed E-state index contributed by atoms with van der Waals surface area (Å²) in [7, 11) is 0. The van der Waals surface area contributed by atoms with Crippen molar-refractivity contribution in [3.05, 3.63) is 29.6 Å². The molecule has 5 heteroatoms. The molecule has 0 radical (unpaired) electrons. The van der Waals surface area contributed by atoms with Crippen LogP contribution in [0.15, 0.2) is 18.2 Å². The Bertz CT molecular complexity index is 355. The molecule has 3 N–H and O–H groups in total. The van der Waals surface area contributed by atoms with E-state index in [4.69, 9.17) is 15.6 Å². The molecule has 0 saturated heterocycles. The molecule has 0 aliphatic heterocycles. The Balaban J connectivity index is 2.62. The first-order valence-electron chi connectivity index (χ1n) is 4.48. The number of hydrogen-bond donors (Lipinski definition) is 2. The fraction of sp³-hybridized carbons (Fsp3) is 0.300. The molecule has 0 heterocycles. The molecule has 82 valence electrons. The Morgan fingerprint density at radius 3 is 2.87 bits per heavy atom. The van der Waals surface area contributed by atoms with Gasteiger partial charge in [-0.1, -0.05) is 0 Å². The van der Waals surface area contributed by atoms with Gasteiger partial charge in [-0.15, -0.1) is 0 Å². The highest BCUT2D eigenvalue weighted by Gasteiger charge is 2.08. The number of benzene rings is 1. The van der Waals surface area contributed by atoms with Crippen molar-refractivity contribution in [3.8, 4) is 0 Å². The number of nitrogens with two attached hydrogens (primary N) is 1. The monoisotopic (exact) mass is 213 g/mol. The average Bonchev–Trinajstić information content (AvgIpc) is 2.22. The molecule has 1 aromatic rings. The first-order valence-corrected chi connectivity index (χ1v) is 4.48. The lowest BCUT2D eigenvalue weighted by Crippen LogP contribution is -2.08. The third-order valence-corrected chi connectivity index (χ3v) is 1.77. The third kappa shape index (κ3) is 3.21. The van der Waals surface area contributed by atoms with Crippen molar-refractivity contribution in [1.82, 2.24) is 0 Å². The zero-order valence-electron chi connectivity index (χ0n) is 8.07. The Morgan fingerprint density at radius 2 is 2.27 bits per heavy atom. The van der Waals surface area contributed by atoms with E-state index in [1.54, 1.807) is 0 Å². The number of carbonyl (C=O) groups excluding carboxylic acids is 1. The summed E-state index contributed by atoms with van der Waals surface area (Å²) in [5, 5.41) is 8.47. The minimum absolute atomic E-state index is 0.0428. The smallest absolute Gasteiger partial charge is 0.338 e. The molecule has 0 saturated carbocycles.